The van der Waals surface area contributed by atoms with Crippen molar-refractivity contribution in [2.45, 2.75) is 19.8 Å². The highest BCUT2D eigenvalue weighted by molar-refractivity contribution is 6.32. The van der Waals surface area contributed by atoms with Gasteiger partial charge in [-0.1, -0.05) is 24.9 Å². The zero-order chi connectivity index (χ0) is 15.1. The molecule has 0 fully saturated rings. The van der Waals surface area contributed by atoms with Crippen LogP contribution in [0.5, 0.6) is 11.5 Å². The molecular weight excluding hydrogens is 280 g/mol. The Kier molecular flexibility index (Phi) is 6.45. The van der Waals surface area contributed by atoms with E-state index in [1.165, 1.54) is 14.2 Å². The fourth-order valence-corrected chi connectivity index (χ4v) is 1.90. The van der Waals surface area contributed by atoms with Gasteiger partial charge in [-0.05, 0) is 6.42 Å². The first-order chi connectivity index (χ1) is 9.53. The number of benzene rings is 1. The van der Waals surface area contributed by atoms with Gasteiger partial charge < -0.3 is 19.7 Å². The Balaban J connectivity index is 2.87. The van der Waals surface area contributed by atoms with Crippen molar-refractivity contribution in [3.63, 3.8) is 0 Å². The van der Waals surface area contributed by atoms with Gasteiger partial charge in [-0.3, -0.25) is 0 Å². The molecule has 0 aromatic heterocycles. The van der Waals surface area contributed by atoms with Gasteiger partial charge >= 0.3 is 6.03 Å². The third kappa shape index (κ3) is 4.20. The minimum absolute atomic E-state index is 0.193. The Bertz CT molecular complexity index is 466. The Morgan fingerprint density at radius 1 is 1.30 bits per heavy atom. The molecule has 1 rings (SSSR count). The van der Waals surface area contributed by atoms with Gasteiger partial charge in [0.05, 0.1) is 24.9 Å². The monoisotopic (exact) mass is 300 g/mol. The van der Waals surface area contributed by atoms with Crippen molar-refractivity contribution in [3.8, 4) is 11.5 Å². The Morgan fingerprint density at radius 2 is 1.95 bits per heavy atom. The van der Waals surface area contributed by atoms with E-state index in [4.69, 9.17) is 21.1 Å². The van der Waals surface area contributed by atoms with Gasteiger partial charge in [0.2, 0.25) is 0 Å². The predicted octanol–water partition coefficient (Wildman–Crippen LogP) is 3.62. The van der Waals surface area contributed by atoms with E-state index in [0.29, 0.717) is 28.8 Å². The van der Waals surface area contributed by atoms with E-state index in [1.54, 1.807) is 24.1 Å². The maximum absolute atomic E-state index is 12.1. The molecule has 0 heterocycles. The number of amides is 2. The van der Waals surface area contributed by atoms with E-state index in [0.717, 1.165) is 12.8 Å². The lowest BCUT2D eigenvalue weighted by Gasteiger charge is -2.19. The summed E-state index contributed by atoms with van der Waals surface area (Å²) in [4.78, 5) is 13.7. The van der Waals surface area contributed by atoms with Crippen LogP contribution < -0.4 is 14.8 Å². The van der Waals surface area contributed by atoms with Crippen molar-refractivity contribution in [3.05, 3.63) is 17.2 Å². The fourth-order valence-electron chi connectivity index (χ4n) is 1.67. The van der Waals surface area contributed by atoms with Crippen LogP contribution in [-0.2, 0) is 0 Å². The standard InChI is InChI=1S/C14H21ClN2O3/c1-5-6-7-17(2)14(18)16-11-9-12(19-3)10(15)8-13(11)20-4/h8-9H,5-7H2,1-4H3,(H,16,18). The number of nitrogens with zero attached hydrogens (tertiary/aromatic N) is 1. The molecule has 0 spiro atoms. The Hall–Kier alpha value is -1.62. The fraction of sp³-hybridized carbons (Fsp3) is 0.500. The summed E-state index contributed by atoms with van der Waals surface area (Å²) in [6.07, 6.45) is 2.00. The number of ether oxygens (including phenoxy) is 2. The molecule has 0 saturated heterocycles. The zero-order valence-corrected chi connectivity index (χ0v) is 13.1. The van der Waals surface area contributed by atoms with Gasteiger partial charge in [-0.2, -0.15) is 0 Å². The number of nitrogens with one attached hydrogen (secondary N) is 1. The number of hydrogen-bond donors (Lipinski definition) is 1. The lowest BCUT2D eigenvalue weighted by atomic mass is 10.2. The number of anilines is 1. The van der Waals surface area contributed by atoms with Gasteiger partial charge in [0.1, 0.15) is 11.5 Å². The lowest BCUT2D eigenvalue weighted by molar-refractivity contribution is 0.221. The van der Waals surface area contributed by atoms with Crippen molar-refractivity contribution in [1.82, 2.24) is 4.90 Å². The van der Waals surface area contributed by atoms with Crippen molar-refractivity contribution in [1.29, 1.82) is 0 Å². The first-order valence-electron chi connectivity index (χ1n) is 6.47. The zero-order valence-electron chi connectivity index (χ0n) is 12.3. The molecule has 20 heavy (non-hydrogen) atoms. The molecule has 0 aliphatic heterocycles. The Labute approximate surface area is 124 Å². The second-order valence-electron chi connectivity index (χ2n) is 4.39. The number of carbonyl (C=O) groups excluding carboxylic acids is 1. The van der Waals surface area contributed by atoms with Crippen LogP contribution in [0.2, 0.25) is 5.02 Å². The van der Waals surface area contributed by atoms with E-state index in [1.807, 2.05) is 0 Å². The summed E-state index contributed by atoms with van der Waals surface area (Å²) in [6.45, 7) is 2.79. The van der Waals surface area contributed by atoms with Crippen LogP contribution >= 0.6 is 11.6 Å². The van der Waals surface area contributed by atoms with Crippen LogP contribution in [0.3, 0.4) is 0 Å². The second kappa shape index (κ2) is 7.85. The number of unbranched alkanes of at least 4 members (excludes halogenated alkanes) is 1. The number of carbonyl (C=O) groups is 1. The SMILES string of the molecule is CCCCN(C)C(=O)Nc1cc(OC)c(Cl)cc1OC. The average Bonchev–Trinajstić information content (AvgIpc) is 2.45. The summed E-state index contributed by atoms with van der Waals surface area (Å²) in [5, 5.41) is 3.23. The minimum Gasteiger partial charge on any atom is -0.495 e. The topological polar surface area (TPSA) is 50.8 Å². The molecule has 0 atom stereocenters. The molecule has 6 heteroatoms. The van der Waals surface area contributed by atoms with E-state index < -0.39 is 0 Å². The van der Waals surface area contributed by atoms with E-state index in [2.05, 4.69) is 12.2 Å². The molecule has 1 aromatic carbocycles. The van der Waals surface area contributed by atoms with Crippen LogP contribution in [0.25, 0.3) is 0 Å². The summed E-state index contributed by atoms with van der Waals surface area (Å²) >= 11 is 6.02. The third-order valence-corrected chi connectivity index (χ3v) is 3.20. The van der Waals surface area contributed by atoms with Crippen LogP contribution in [0.1, 0.15) is 19.8 Å². The first kappa shape index (κ1) is 16.4. The van der Waals surface area contributed by atoms with Crippen molar-refractivity contribution < 1.29 is 14.3 Å². The van der Waals surface area contributed by atoms with E-state index in [9.17, 15) is 4.79 Å². The van der Waals surface area contributed by atoms with Crippen LogP contribution in [0.4, 0.5) is 10.5 Å². The summed E-state index contributed by atoms with van der Waals surface area (Å²) in [6, 6.07) is 3.07. The highest BCUT2D eigenvalue weighted by Crippen LogP contribution is 2.35. The molecule has 2 amide bonds. The number of rotatable bonds is 6. The minimum atomic E-state index is -0.193. The quantitative estimate of drug-likeness (QED) is 0.873. The largest absolute Gasteiger partial charge is 0.495 e. The van der Waals surface area contributed by atoms with Gasteiger partial charge in [-0.25, -0.2) is 4.79 Å². The molecule has 1 N–H and O–H groups in total. The van der Waals surface area contributed by atoms with Gasteiger partial charge in [0.15, 0.2) is 0 Å². The molecule has 5 nitrogen and oxygen atoms in total. The van der Waals surface area contributed by atoms with Crippen LogP contribution in [0, 0.1) is 0 Å². The number of urea groups is 1. The highest BCUT2D eigenvalue weighted by atomic mass is 35.5. The van der Waals surface area contributed by atoms with Gasteiger partial charge in [-0.15, -0.1) is 0 Å². The third-order valence-electron chi connectivity index (χ3n) is 2.91. The lowest BCUT2D eigenvalue weighted by Crippen LogP contribution is -2.32. The first-order valence-corrected chi connectivity index (χ1v) is 6.84. The molecule has 0 aliphatic rings. The molecule has 0 aliphatic carbocycles. The van der Waals surface area contributed by atoms with Crippen LogP contribution in [0.15, 0.2) is 12.1 Å². The number of halogens is 1. The number of hydrogen-bond acceptors (Lipinski definition) is 3. The summed E-state index contributed by atoms with van der Waals surface area (Å²) < 4.78 is 10.4. The van der Waals surface area contributed by atoms with Gasteiger partial charge in [0.25, 0.3) is 0 Å². The maximum Gasteiger partial charge on any atom is 0.321 e. The molecular formula is C14H21ClN2O3. The summed E-state index contributed by atoms with van der Waals surface area (Å²) in [5.41, 5.74) is 0.530. The van der Waals surface area contributed by atoms with E-state index >= 15 is 0 Å². The maximum atomic E-state index is 12.1. The van der Waals surface area contributed by atoms with Gasteiger partial charge in [0, 0.05) is 25.7 Å². The van der Waals surface area contributed by atoms with Crippen LogP contribution in [-0.4, -0.2) is 38.7 Å². The predicted molar refractivity (Wildman–Crippen MR) is 81.1 cm³/mol. The molecule has 0 saturated carbocycles. The van der Waals surface area contributed by atoms with E-state index in [-0.39, 0.29) is 6.03 Å². The second-order valence-corrected chi connectivity index (χ2v) is 4.80. The smallest absolute Gasteiger partial charge is 0.321 e. The Morgan fingerprint density at radius 3 is 2.50 bits per heavy atom. The summed E-state index contributed by atoms with van der Waals surface area (Å²) in [5.74, 6) is 0.979. The van der Waals surface area contributed by atoms with Crippen molar-refractivity contribution in [2.24, 2.45) is 0 Å². The molecule has 0 unspecified atom stereocenters. The molecule has 0 bridgehead atoms. The normalized spacial score (nSPS) is 10.1. The van der Waals surface area contributed by atoms with Crippen molar-refractivity contribution >= 4 is 23.3 Å². The summed E-state index contributed by atoms with van der Waals surface area (Å²) in [7, 11) is 4.80. The highest BCUT2D eigenvalue weighted by Gasteiger charge is 2.14. The molecule has 112 valence electrons. The number of methoxy groups -OCH3 is 2. The van der Waals surface area contributed by atoms with Crippen molar-refractivity contribution in [2.75, 3.05) is 33.1 Å². The molecule has 1 aromatic rings. The molecule has 0 radical (unpaired) electrons. The average molecular weight is 301 g/mol.